The van der Waals surface area contributed by atoms with Crippen LogP contribution in [0.2, 0.25) is 0 Å². The molecule has 19 heavy (non-hydrogen) atoms. The number of benzene rings is 1. The number of nitrogens with zero attached hydrogens (tertiary/aromatic N) is 1. The normalized spacial score (nSPS) is 10.4. The Morgan fingerprint density at radius 3 is 2.58 bits per heavy atom. The van der Waals surface area contributed by atoms with Crippen LogP contribution in [0.4, 0.5) is 0 Å². The molecule has 0 saturated heterocycles. The van der Waals surface area contributed by atoms with Crippen LogP contribution in [0.5, 0.6) is 5.75 Å². The van der Waals surface area contributed by atoms with Crippen molar-refractivity contribution < 1.29 is 4.74 Å². The number of hydrogen-bond acceptors (Lipinski definition) is 2. The fraction of sp³-hybridized carbons (Fsp3) is 0.312. The number of aromatic nitrogens is 1. The molecular weight excluding hydrogens is 238 g/mol. The smallest absolute Gasteiger partial charge is 0.250 e. The molecule has 1 aromatic heterocycles. The van der Waals surface area contributed by atoms with Crippen LogP contribution in [0.3, 0.4) is 0 Å². The zero-order chi connectivity index (χ0) is 13.5. The molecule has 0 spiro atoms. The lowest BCUT2D eigenvalue weighted by Gasteiger charge is -2.07. The van der Waals surface area contributed by atoms with Gasteiger partial charge in [0.1, 0.15) is 5.75 Å². The van der Waals surface area contributed by atoms with Crippen molar-refractivity contribution in [3.05, 3.63) is 64.6 Å². The number of aryl methyl sites for hydroxylation is 2. The van der Waals surface area contributed by atoms with Gasteiger partial charge < -0.3 is 9.30 Å². The molecule has 0 aliphatic heterocycles. The second-order valence-corrected chi connectivity index (χ2v) is 4.60. The van der Waals surface area contributed by atoms with Gasteiger partial charge in [-0.05, 0) is 38.0 Å². The Bertz CT molecular complexity index is 557. The van der Waals surface area contributed by atoms with Gasteiger partial charge in [0.15, 0.2) is 0 Å². The molecule has 3 nitrogen and oxygen atoms in total. The molecule has 0 N–H and O–H groups in total. The summed E-state index contributed by atoms with van der Waals surface area (Å²) in [4.78, 5) is 11.5. The summed E-state index contributed by atoms with van der Waals surface area (Å²) in [6.07, 6.45) is 3.70. The van der Waals surface area contributed by atoms with Gasteiger partial charge in [-0.1, -0.05) is 23.8 Å². The van der Waals surface area contributed by atoms with Crippen LogP contribution in [-0.2, 0) is 6.54 Å². The fourth-order valence-electron chi connectivity index (χ4n) is 1.85. The molecule has 0 fully saturated rings. The van der Waals surface area contributed by atoms with E-state index >= 15 is 0 Å². The highest BCUT2D eigenvalue weighted by Crippen LogP contribution is 2.11. The number of ether oxygens (including phenoxy) is 1. The maximum absolute atomic E-state index is 11.5. The summed E-state index contributed by atoms with van der Waals surface area (Å²) in [6.45, 7) is 3.49. The van der Waals surface area contributed by atoms with Gasteiger partial charge in [-0.15, -0.1) is 0 Å². The Labute approximate surface area is 113 Å². The summed E-state index contributed by atoms with van der Waals surface area (Å²) in [5, 5.41) is 0. The van der Waals surface area contributed by atoms with Crippen LogP contribution in [-0.4, -0.2) is 11.2 Å². The molecular formula is C16H19NO2. The summed E-state index contributed by atoms with van der Waals surface area (Å²) < 4.78 is 7.37. The van der Waals surface area contributed by atoms with Crippen molar-refractivity contribution in [2.75, 3.05) is 6.61 Å². The van der Waals surface area contributed by atoms with E-state index in [1.807, 2.05) is 36.5 Å². The molecule has 0 unspecified atom stereocenters. The molecule has 1 heterocycles. The molecule has 2 rings (SSSR count). The van der Waals surface area contributed by atoms with Crippen molar-refractivity contribution in [3.8, 4) is 5.75 Å². The number of pyridine rings is 1. The first-order valence-corrected chi connectivity index (χ1v) is 6.60. The van der Waals surface area contributed by atoms with Crippen LogP contribution in [0.25, 0.3) is 0 Å². The summed E-state index contributed by atoms with van der Waals surface area (Å²) in [6, 6.07) is 13.3. The molecule has 0 aliphatic carbocycles. The molecule has 0 amide bonds. The summed E-state index contributed by atoms with van der Waals surface area (Å²) in [5.74, 6) is 0.905. The molecule has 0 bridgehead atoms. The van der Waals surface area contributed by atoms with Gasteiger partial charge in [0.2, 0.25) is 5.56 Å². The zero-order valence-corrected chi connectivity index (χ0v) is 11.2. The minimum absolute atomic E-state index is 0.0574. The maximum Gasteiger partial charge on any atom is 0.250 e. The minimum atomic E-state index is 0.0574. The zero-order valence-electron chi connectivity index (χ0n) is 11.2. The Morgan fingerprint density at radius 1 is 1.05 bits per heavy atom. The van der Waals surface area contributed by atoms with Crippen molar-refractivity contribution in [3.63, 3.8) is 0 Å². The first kappa shape index (κ1) is 13.4. The van der Waals surface area contributed by atoms with Gasteiger partial charge in [0.25, 0.3) is 0 Å². The lowest BCUT2D eigenvalue weighted by atomic mass is 10.2. The van der Waals surface area contributed by atoms with E-state index < -0.39 is 0 Å². The van der Waals surface area contributed by atoms with E-state index in [0.717, 1.165) is 25.1 Å². The third-order valence-corrected chi connectivity index (χ3v) is 2.98. The topological polar surface area (TPSA) is 31.2 Å². The standard InChI is InChI=1S/C16H19NO2/c1-14-7-9-15(10-8-14)19-13-5-4-12-17-11-3-2-6-16(17)18/h2-3,6-11H,4-5,12-13H2,1H3. The molecule has 1 aromatic carbocycles. The molecule has 0 saturated carbocycles. The number of unbranched alkanes of at least 4 members (excludes halogenated alkanes) is 1. The summed E-state index contributed by atoms with van der Waals surface area (Å²) in [7, 11) is 0. The van der Waals surface area contributed by atoms with Gasteiger partial charge in [-0.3, -0.25) is 4.79 Å². The van der Waals surface area contributed by atoms with E-state index in [-0.39, 0.29) is 5.56 Å². The quantitative estimate of drug-likeness (QED) is 0.745. The fourth-order valence-corrected chi connectivity index (χ4v) is 1.85. The van der Waals surface area contributed by atoms with E-state index in [0.29, 0.717) is 6.61 Å². The lowest BCUT2D eigenvalue weighted by Crippen LogP contribution is -2.17. The van der Waals surface area contributed by atoms with Crippen molar-refractivity contribution >= 4 is 0 Å². The van der Waals surface area contributed by atoms with Gasteiger partial charge in [-0.25, -0.2) is 0 Å². The van der Waals surface area contributed by atoms with E-state index in [4.69, 9.17) is 4.74 Å². The molecule has 0 aliphatic rings. The van der Waals surface area contributed by atoms with Crippen LogP contribution < -0.4 is 10.3 Å². The minimum Gasteiger partial charge on any atom is -0.494 e. The SMILES string of the molecule is Cc1ccc(OCCCCn2ccccc2=O)cc1. The van der Waals surface area contributed by atoms with Crippen molar-refractivity contribution in [2.45, 2.75) is 26.3 Å². The van der Waals surface area contributed by atoms with Gasteiger partial charge >= 0.3 is 0 Å². The monoisotopic (exact) mass is 257 g/mol. The average molecular weight is 257 g/mol. The highest BCUT2D eigenvalue weighted by atomic mass is 16.5. The van der Waals surface area contributed by atoms with Crippen molar-refractivity contribution in [1.29, 1.82) is 0 Å². The van der Waals surface area contributed by atoms with Crippen LogP contribution in [0.1, 0.15) is 18.4 Å². The van der Waals surface area contributed by atoms with E-state index in [1.54, 1.807) is 16.7 Å². The highest BCUT2D eigenvalue weighted by Gasteiger charge is 1.96. The van der Waals surface area contributed by atoms with Crippen LogP contribution >= 0.6 is 0 Å². The molecule has 0 atom stereocenters. The Kier molecular flexibility index (Phi) is 4.78. The predicted octanol–water partition coefficient (Wildman–Crippen LogP) is 3.02. The first-order chi connectivity index (χ1) is 9.25. The average Bonchev–Trinajstić information content (AvgIpc) is 2.42. The second kappa shape index (κ2) is 6.78. The Morgan fingerprint density at radius 2 is 1.84 bits per heavy atom. The number of hydrogen-bond donors (Lipinski definition) is 0. The summed E-state index contributed by atoms with van der Waals surface area (Å²) in [5.41, 5.74) is 1.29. The van der Waals surface area contributed by atoms with Gasteiger partial charge in [-0.2, -0.15) is 0 Å². The lowest BCUT2D eigenvalue weighted by molar-refractivity contribution is 0.303. The predicted molar refractivity (Wildman–Crippen MR) is 76.6 cm³/mol. The largest absolute Gasteiger partial charge is 0.494 e. The molecule has 3 heteroatoms. The molecule has 2 aromatic rings. The Hall–Kier alpha value is -2.03. The van der Waals surface area contributed by atoms with Crippen molar-refractivity contribution in [1.82, 2.24) is 4.57 Å². The third-order valence-electron chi connectivity index (χ3n) is 2.98. The van der Waals surface area contributed by atoms with E-state index in [9.17, 15) is 4.79 Å². The van der Waals surface area contributed by atoms with Crippen LogP contribution in [0, 0.1) is 6.92 Å². The highest BCUT2D eigenvalue weighted by molar-refractivity contribution is 5.26. The van der Waals surface area contributed by atoms with Gasteiger partial charge in [0.05, 0.1) is 6.61 Å². The first-order valence-electron chi connectivity index (χ1n) is 6.60. The Balaban J connectivity index is 1.69. The number of rotatable bonds is 6. The van der Waals surface area contributed by atoms with Crippen LogP contribution in [0.15, 0.2) is 53.5 Å². The van der Waals surface area contributed by atoms with E-state index in [2.05, 4.69) is 6.92 Å². The molecule has 100 valence electrons. The van der Waals surface area contributed by atoms with E-state index in [1.165, 1.54) is 5.56 Å². The maximum atomic E-state index is 11.5. The second-order valence-electron chi connectivity index (χ2n) is 4.60. The third kappa shape index (κ3) is 4.28. The van der Waals surface area contributed by atoms with Gasteiger partial charge in [0, 0.05) is 18.8 Å². The van der Waals surface area contributed by atoms with Crippen molar-refractivity contribution in [2.24, 2.45) is 0 Å². The molecule has 0 radical (unpaired) electrons. The summed E-state index contributed by atoms with van der Waals surface area (Å²) >= 11 is 0.